The second kappa shape index (κ2) is 5.46. The van der Waals surface area contributed by atoms with Gasteiger partial charge in [-0.3, -0.25) is 4.98 Å². The molecule has 0 saturated carbocycles. The van der Waals surface area contributed by atoms with E-state index in [1.807, 2.05) is 36.4 Å². The van der Waals surface area contributed by atoms with E-state index in [0.717, 1.165) is 5.56 Å². The van der Waals surface area contributed by atoms with E-state index in [1.165, 1.54) is 18.2 Å². The van der Waals surface area contributed by atoms with E-state index < -0.39 is 11.4 Å². The van der Waals surface area contributed by atoms with Gasteiger partial charge in [0.05, 0.1) is 21.9 Å². The van der Waals surface area contributed by atoms with Crippen molar-refractivity contribution in [1.29, 1.82) is 0 Å². The molecule has 0 bridgehead atoms. The van der Waals surface area contributed by atoms with Crippen LogP contribution in [0.1, 0.15) is 0 Å². The second-order valence-corrected chi connectivity index (χ2v) is 5.98. The summed E-state index contributed by atoms with van der Waals surface area (Å²) in [4.78, 5) is 21.8. The minimum atomic E-state index is -0.516. The van der Waals surface area contributed by atoms with Gasteiger partial charge in [0.25, 0.3) is 0 Å². The maximum Gasteiger partial charge on any atom is 0.346 e. The monoisotopic (exact) mass is 342 g/mol. The molecule has 3 heterocycles. The lowest BCUT2D eigenvalue weighted by atomic mass is 9.99. The minimum Gasteiger partial charge on any atom is -0.422 e. The maximum absolute atomic E-state index is 13.8. The van der Waals surface area contributed by atoms with Crippen LogP contribution in [0.3, 0.4) is 0 Å². The van der Waals surface area contributed by atoms with Crippen molar-refractivity contribution in [2.75, 3.05) is 0 Å². The van der Waals surface area contributed by atoms with E-state index in [2.05, 4.69) is 9.97 Å². The summed E-state index contributed by atoms with van der Waals surface area (Å²) < 4.78 is 19.3. The van der Waals surface area contributed by atoms with Crippen LogP contribution >= 0.6 is 0 Å². The van der Waals surface area contributed by atoms with Crippen LogP contribution in [0, 0.1) is 5.82 Å². The van der Waals surface area contributed by atoms with Crippen molar-refractivity contribution in [3.05, 3.63) is 83.1 Å². The number of nitrogens with zero attached hydrogens (tertiary/aromatic N) is 2. The van der Waals surface area contributed by atoms with Crippen LogP contribution in [0.4, 0.5) is 4.39 Å². The fourth-order valence-corrected chi connectivity index (χ4v) is 3.30. The van der Waals surface area contributed by atoms with E-state index in [9.17, 15) is 9.18 Å². The lowest BCUT2D eigenvalue weighted by Crippen LogP contribution is -2.05. The fraction of sp³-hybridized carbons (Fsp3) is 0. The molecular weight excluding hydrogens is 331 g/mol. The summed E-state index contributed by atoms with van der Waals surface area (Å²) >= 11 is 0. The van der Waals surface area contributed by atoms with Crippen molar-refractivity contribution in [1.82, 2.24) is 9.97 Å². The van der Waals surface area contributed by atoms with Gasteiger partial charge < -0.3 is 4.42 Å². The van der Waals surface area contributed by atoms with Gasteiger partial charge in [0, 0.05) is 17.1 Å². The first kappa shape index (κ1) is 14.7. The van der Waals surface area contributed by atoms with E-state index in [1.54, 1.807) is 12.3 Å². The highest BCUT2D eigenvalue weighted by Gasteiger charge is 2.18. The second-order valence-electron chi connectivity index (χ2n) is 5.98. The third-order valence-electron chi connectivity index (χ3n) is 4.41. The topological polar surface area (TPSA) is 56.0 Å². The van der Waals surface area contributed by atoms with Crippen LogP contribution in [-0.2, 0) is 0 Å². The molecule has 124 valence electrons. The van der Waals surface area contributed by atoms with E-state index in [0.29, 0.717) is 38.5 Å². The van der Waals surface area contributed by atoms with Gasteiger partial charge in [0.2, 0.25) is 0 Å². The van der Waals surface area contributed by atoms with Crippen LogP contribution in [-0.4, -0.2) is 9.97 Å². The van der Waals surface area contributed by atoms with Crippen LogP contribution in [0.15, 0.2) is 76.1 Å². The number of hydrogen-bond acceptors (Lipinski definition) is 4. The molecule has 0 aliphatic carbocycles. The first-order valence-electron chi connectivity index (χ1n) is 8.08. The van der Waals surface area contributed by atoms with Crippen LogP contribution in [0.2, 0.25) is 0 Å². The first-order chi connectivity index (χ1) is 12.7. The Kier molecular flexibility index (Phi) is 3.09. The summed E-state index contributed by atoms with van der Waals surface area (Å²) in [5, 5.41) is 0.767. The SMILES string of the molecule is O=c1oc2ccc(F)cc2c2nc3cccnc3c(-c3ccccc3)c12. The number of pyridine rings is 2. The third-order valence-corrected chi connectivity index (χ3v) is 4.41. The molecule has 5 rings (SSSR count). The number of hydrogen-bond donors (Lipinski definition) is 0. The minimum absolute atomic E-state index is 0.304. The number of halogens is 1. The average molecular weight is 342 g/mol. The zero-order valence-corrected chi connectivity index (χ0v) is 13.4. The molecule has 0 radical (unpaired) electrons. The molecule has 0 saturated heterocycles. The highest BCUT2D eigenvalue weighted by molar-refractivity contribution is 6.14. The molecule has 0 spiro atoms. The van der Waals surface area contributed by atoms with Crippen molar-refractivity contribution < 1.29 is 8.81 Å². The number of benzene rings is 2. The Morgan fingerprint density at radius 1 is 0.923 bits per heavy atom. The van der Waals surface area contributed by atoms with Crippen molar-refractivity contribution in [3.63, 3.8) is 0 Å². The highest BCUT2D eigenvalue weighted by Crippen LogP contribution is 2.34. The molecule has 0 amide bonds. The molecule has 0 unspecified atom stereocenters. The maximum atomic E-state index is 13.8. The Hall–Kier alpha value is -3.60. The molecule has 4 nitrogen and oxygen atoms in total. The van der Waals surface area contributed by atoms with Crippen molar-refractivity contribution >= 4 is 32.9 Å². The van der Waals surface area contributed by atoms with Crippen LogP contribution in [0.5, 0.6) is 0 Å². The molecule has 5 heteroatoms. The predicted molar refractivity (Wildman–Crippen MR) is 98.5 cm³/mol. The molecule has 2 aromatic carbocycles. The molecule has 5 aromatic rings. The van der Waals surface area contributed by atoms with Gasteiger partial charge in [-0.05, 0) is 35.9 Å². The summed E-state index contributed by atoms with van der Waals surface area (Å²) in [5.74, 6) is -0.415. The Labute approximate surface area is 146 Å². The smallest absolute Gasteiger partial charge is 0.346 e. The molecule has 0 aliphatic rings. The molecule has 3 aromatic heterocycles. The average Bonchev–Trinajstić information content (AvgIpc) is 2.68. The summed E-state index contributed by atoms with van der Waals surface area (Å²) in [5.41, 5.74) is 2.91. The van der Waals surface area contributed by atoms with Gasteiger partial charge in [0.15, 0.2) is 0 Å². The van der Waals surface area contributed by atoms with Gasteiger partial charge in [-0.2, -0.15) is 0 Å². The van der Waals surface area contributed by atoms with Gasteiger partial charge in [-0.1, -0.05) is 30.3 Å². The van der Waals surface area contributed by atoms with E-state index in [-0.39, 0.29) is 0 Å². The highest BCUT2D eigenvalue weighted by atomic mass is 19.1. The summed E-state index contributed by atoms with van der Waals surface area (Å²) in [6, 6.07) is 17.1. The Morgan fingerprint density at radius 3 is 2.62 bits per heavy atom. The first-order valence-corrected chi connectivity index (χ1v) is 8.08. The largest absolute Gasteiger partial charge is 0.422 e. The van der Waals surface area contributed by atoms with Gasteiger partial charge in [-0.25, -0.2) is 14.2 Å². The van der Waals surface area contributed by atoms with Crippen molar-refractivity contribution in [2.45, 2.75) is 0 Å². The van der Waals surface area contributed by atoms with Crippen molar-refractivity contribution in [2.24, 2.45) is 0 Å². The van der Waals surface area contributed by atoms with Gasteiger partial charge in [0.1, 0.15) is 11.4 Å². The molecule has 0 aliphatic heterocycles. The quantitative estimate of drug-likeness (QED) is 0.252. The Balaban J connectivity index is 2.11. The summed E-state index contributed by atoms with van der Waals surface area (Å²) in [6.07, 6.45) is 1.66. The molecule has 0 fully saturated rings. The molecule has 0 atom stereocenters. The molecular formula is C21H11FN2O2. The fourth-order valence-electron chi connectivity index (χ4n) is 3.30. The standard InChI is InChI=1S/C21H11FN2O2/c22-13-8-9-16-14(11-13)19-18(21(25)26-16)17(12-5-2-1-3-6-12)20-15(24-19)7-4-10-23-20/h1-11H. The third kappa shape index (κ3) is 2.10. The number of aromatic nitrogens is 2. The Morgan fingerprint density at radius 2 is 1.77 bits per heavy atom. The number of fused-ring (bicyclic) bond motifs is 4. The van der Waals surface area contributed by atoms with E-state index in [4.69, 9.17) is 4.42 Å². The normalized spacial score (nSPS) is 11.4. The summed E-state index contributed by atoms with van der Waals surface area (Å²) in [6.45, 7) is 0. The van der Waals surface area contributed by atoms with Crippen molar-refractivity contribution in [3.8, 4) is 11.1 Å². The molecule has 0 N–H and O–H groups in total. The number of rotatable bonds is 1. The lowest BCUT2D eigenvalue weighted by Gasteiger charge is -2.11. The van der Waals surface area contributed by atoms with Crippen LogP contribution in [0.25, 0.3) is 44.0 Å². The lowest BCUT2D eigenvalue weighted by molar-refractivity contribution is 0.567. The summed E-state index contributed by atoms with van der Waals surface area (Å²) in [7, 11) is 0. The van der Waals surface area contributed by atoms with E-state index >= 15 is 0 Å². The van der Waals surface area contributed by atoms with Gasteiger partial charge >= 0.3 is 5.63 Å². The van der Waals surface area contributed by atoms with Crippen LogP contribution < -0.4 is 5.63 Å². The molecule has 26 heavy (non-hydrogen) atoms. The zero-order valence-electron chi connectivity index (χ0n) is 13.4. The Bertz CT molecular complexity index is 1360. The predicted octanol–water partition coefficient (Wildman–Crippen LogP) is 4.70. The van der Waals surface area contributed by atoms with Gasteiger partial charge in [-0.15, -0.1) is 0 Å². The zero-order chi connectivity index (χ0) is 17.7.